The van der Waals surface area contributed by atoms with Crippen LogP contribution < -0.4 is 0 Å². The fourth-order valence-electron chi connectivity index (χ4n) is 1.66. The van der Waals surface area contributed by atoms with Crippen molar-refractivity contribution in [1.29, 1.82) is 0 Å². The summed E-state index contributed by atoms with van der Waals surface area (Å²) in [6.45, 7) is 0. The minimum Gasteiger partial charge on any atom is -0.143 e. The third-order valence-corrected chi connectivity index (χ3v) is 4.04. The lowest BCUT2D eigenvalue weighted by Crippen LogP contribution is -1.93. The SMILES string of the molecule is Sc1cc(S)c(Cc2ccccc2S)c(S)c1. The van der Waals surface area contributed by atoms with E-state index in [4.69, 9.17) is 0 Å². The van der Waals surface area contributed by atoms with Crippen molar-refractivity contribution in [3.63, 3.8) is 0 Å². The second-order valence-corrected chi connectivity index (χ2v) is 5.73. The molecule has 88 valence electrons. The van der Waals surface area contributed by atoms with Gasteiger partial charge in [-0.25, -0.2) is 0 Å². The van der Waals surface area contributed by atoms with E-state index in [9.17, 15) is 0 Å². The molecule has 0 atom stereocenters. The number of thiol groups is 4. The van der Waals surface area contributed by atoms with Gasteiger partial charge in [-0.3, -0.25) is 0 Å². The molecule has 0 aliphatic heterocycles. The molecule has 2 rings (SSSR count). The van der Waals surface area contributed by atoms with Crippen LogP contribution in [0, 0.1) is 0 Å². The van der Waals surface area contributed by atoms with Gasteiger partial charge >= 0.3 is 0 Å². The van der Waals surface area contributed by atoms with Gasteiger partial charge in [0.1, 0.15) is 0 Å². The lowest BCUT2D eigenvalue weighted by molar-refractivity contribution is 1.02. The number of rotatable bonds is 2. The molecule has 2 aromatic carbocycles. The highest BCUT2D eigenvalue weighted by Crippen LogP contribution is 2.29. The molecule has 0 heterocycles. The normalized spacial score (nSPS) is 10.6. The molecule has 0 nitrogen and oxygen atoms in total. The van der Waals surface area contributed by atoms with E-state index < -0.39 is 0 Å². The molecular weight excluding hydrogens is 284 g/mol. The second kappa shape index (κ2) is 5.65. The van der Waals surface area contributed by atoms with Crippen LogP contribution in [0.5, 0.6) is 0 Å². The number of hydrogen-bond acceptors (Lipinski definition) is 4. The Morgan fingerprint density at radius 2 is 1.35 bits per heavy atom. The first-order valence-electron chi connectivity index (χ1n) is 5.08. The largest absolute Gasteiger partial charge is 0.143 e. The average molecular weight is 297 g/mol. The minimum atomic E-state index is 0.783. The molecule has 0 saturated carbocycles. The van der Waals surface area contributed by atoms with Gasteiger partial charge in [0, 0.05) is 26.0 Å². The summed E-state index contributed by atoms with van der Waals surface area (Å²) in [6.07, 6.45) is 0.783. The second-order valence-electron chi connectivity index (χ2n) is 3.77. The molecule has 0 amide bonds. The van der Waals surface area contributed by atoms with Gasteiger partial charge in [-0.15, -0.1) is 50.5 Å². The fraction of sp³-hybridized carbons (Fsp3) is 0.0769. The average Bonchev–Trinajstić information content (AvgIpc) is 2.25. The summed E-state index contributed by atoms with van der Waals surface area (Å²) in [5.41, 5.74) is 2.28. The fourth-order valence-corrected chi connectivity index (χ4v) is 3.13. The Hall–Kier alpha value is -0.160. The van der Waals surface area contributed by atoms with Crippen molar-refractivity contribution in [3.8, 4) is 0 Å². The van der Waals surface area contributed by atoms with Crippen LogP contribution in [0.4, 0.5) is 0 Å². The van der Waals surface area contributed by atoms with Gasteiger partial charge in [-0.2, -0.15) is 0 Å². The quantitative estimate of drug-likeness (QED) is 0.579. The standard InChI is InChI=1S/C13H12S4/c14-9-6-12(16)10(13(17)7-9)5-8-3-1-2-4-11(8)15/h1-4,6-7,14-17H,5H2. The van der Waals surface area contributed by atoms with E-state index in [1.165, 1.54) is 5.56 Å². The molecule has 0 spiro atoms. The van der Waals surface area contributed by atoms with Crippen LogP contribution in [-0.2, 0) is 6.42 Å². The van der Waals surface area contributed by atoms with E-state index >= 15 is 0 Å². The van der Waals surface area contributed by atoms with Gasteiger partial charge in [0.15, 0.2) is 0 Å². The summed E-state index contributed by atoms with van der Waals surface area (Å²) < 4.78 is 0. The van der Waals surface area contributed by atoms with E-state index in [-0.39, 0.29) is 0 Å². The van der Waals surface area contributed by atoms with E-state index in [1.807, 2.05) is 30.3 Å². The Bertz CT molecular complexity index is 526. The molecule has 0 fully saturated rings. The molecule has 0 aliphatic rings. The van der Waals surface area contributed by atoms with Gasteiger partial charge in [0.2, 0.25) is 0 Å². The van der Waals surface area contributed by atoms with Crippen molar-refractivity contribution in [2.75, 3.05) is 0 Å². The molecule has 4 heteroatoms. The summed E-state index contributed by atoms with van der Waals surface area (Å²) in [4.78, 5) is 3.70. The van der Waals surface area contributed by atoms with Crippen molar-refractivity contribution in [2.24, 2.45) is 0 Å². The lowest BCUT2D eigenvalue weighted by Gasteiger charge is -2.11. The maximum absolute atomic E-state index is 4.48. The summed E-state index contributed by atoms with van der Waals surface area (Å²) in [5, 5.41) is 0. The predicted molar refractivity (Wildman–Crippen MR) is 84.7 cm³/mol. The maximum atomic E-state index is 4.48. The van der Waals surface area contributed by atoms with Crippen LogP contribution in [0.2, 0.25) is 0 Å². The lowest BCUT2D eigenvalue weighted by atomic mass is 10.0. The maximum Gasteiger partial charge on any atom is 0.00975 e. The van der Waals surface area contributed by atoms with Crippen LogP contribution in [-0.4, -0.2) is 0 Å². The minimum absolute atomic E-state index is 0.783. The number of benzene rings is 2. The summed E-state index contributed by atoms with van der Waals surface area (Å²) in [5.74, 6) is 0. The Morgan fingerprint density at radius 3 is 1.94 bits per heavy atom. The molecule has 17 heavy (non-hydrogen) atoms. The highest BCUT2D eigenvalue weighted by molar-refractivity contribution is 7.82. The van der Waals surface area contributed by atoms with Gasteiger partial charge in [-0.05, 0) is 29.3 Å². The zero-order chi connectivity index (χ0) is 12.4. The first-order valence-corrected chi connectivity index (χ1v) is 6.87. The molecule has 2 aromatic rings. The molecule has 0 bridgehead atoms. The Morgan fingerprint density at radius 1 is 0.765 bits per heavy atom. The van der Waals surface area contributed by atoms with Crippen LogP contribution in [0.1, 0.15) is 11.1 Å². The first-order chi connectivity index (χ1) is 8.08. The first kappa shape index (κ1) is 13.3. The van der Waals surface area contributed by atoms with E-state index in [2.05, 4.69) is 56.6 Å². The number of hydrogen-bond donors (Lipinski definition) is 4. The van der Waals surface area contributed by atoms with Gasteiger partial charge in [-0.1, -0.05) is 18.2 Å². The van der Waals surface area contributed by atoms with Crippen LogP contribution in [0.3, 0.4) is 0 Å². The summed E-state index contributed by atoms with van der Waals surface area (Å²) in [6, 6.07) is 11.9. The van der Waals surface area contributed by atoms with E-state index in [0.717, 1.165) is 31.6 Å². The molecule has 0 aromatic heterocycles. The van der Waals surface area contributed by atoms with Crippen LogP contribution in [0.25, 0.3) is 0 Å². The zero-order valence-electron chi connectivity index (χ0n) is 8.96. The topological polar surface area (TPSA) is 0 Å². The van der Waals surface area contributed by atoms with Gasteiger partial charge in [0.05, 0.1) is 0 Å². The molecule has 0 aliphatic carbocycles. The van der Waals surface area contributed by atoms with Gasteiger partial charge in [0.25, 0.3) is 0 Å². The van der Waals surface area contributed by atoms with Crippen molar-refractivity contribution < 1.29 is 0 Å². The molecule has 0 saturated heterocycles. The van der Waals surface area contributed by atoms with Crippen molar-refractivity contribution in [3.05, 3.63) is 47.5 Å². The summed E-state index contributed by atoms with van der Waals surface area (Å²) in [7, 11) is 0. The molecular formula is C13H12S4. The molecule has 0 N–H and O–H groups in total. The summed E-state index contributed by atoms with van der Waals surface area (Å²) >= 11 is 17.7. The third-order valence-electron chi connectivity index (χ3n) is 2.55. The Kier molecular flexibility index (Phi) is 4.42. The van der Waals surface area contributed by atoms with Crippen molar-refractivity contribution >= 4 is 50.5 Å². The third kappa shape index (κ3) is 3.19. The van der Waals surface area contributed by atoms with E-state index in [0.29, 0.717) is 0 Å². The van der Waals surface area contributed by atoms with Crippen molar-refractivity contribution in [2.45, 2.75) is 26.0 Å². The highest BCUT2D eigenvalue weighted by Gasteiger charge is 2.08. The predicted octanol–water partition coefficient (Wildman–Crippen LogP) is 4.43. The van der Waals surface area contributed by atoms with Crippen LogP contribution in [0.15, 0.2) is 56.0 Å². The Labute approximate surface area is 123 Å². The van der Waals surface area contributed by atoms with Gasteiger partial charge < -0.3 is 0 Å². The van der Waals surface area contributed by atoms with Crippen molar-refractivity contribution in [1.82, 2.24) is 0 Å². The Balaban J connectivity index is 2.40. The smallest absolute Gasteiger partial charge is 0.00975 e. The highest BCUT2D eigenvalue weighted by atomic mass is 32.1. The molecule has 0 radical (unpaired) electrons. The molecule has 0 unspecified atom stereocenters. The monoisotopic (exact) mass is 296 g/mol. The van der Waals surface area contributed by atoms with Crippen LogP contribution >= 0.6 is 50.5 Å². The van der Waals surface area contributed by atoms with E-state index in [1.54, 1.807) is 0 Å². The zero-order valence-corrected chi connectivity index (χ0v) is 12.5.